The van der Waals surface area contributed by atoms with Gasteiger partial charge in [0, 0.05) is 5.25 Å². The van der Waals surface area contributed by atoms with Crippen LogP contribution in [0.4, 0.5) is 0 Å². The highest BCUT2D eigenvalue weighted by atomic mass is 32.1. The summed E-state index contributed by atoms with van der Waals surface area (Å²) in [6.07, 6.45) is 11.9. The van der Waals surface area contributed by atoms with E-state index >= 15 is 0 Å². The first-order chi connectivity index (χ1) is 10.8. The van der Waals surface area contributed by atoms with Crippen LogP contribution in [-0.2, 0) is 0 Å². The van der Waals surface area contributed by atoms with Crippen LogP contribution in [0.1, 0.15) is 66.2 Å². The molecule has 0 saturated heterocycles. The predicted molar refractivity (Wildman–Crippen MR) is 102 cm³/mol. The first-order valence-corrected chi connectivity index (χ1v) is 9.42. The van der Waals surface area contributed by atoms with Crippen LogP contribution in [0.25, 0.3) is 0 Å². The Morgan fingerprint density at radius 3 is 2.61 bits per heavy atom. The van der Waals surface area contributed by atoms with E-state index in [1.54, 1.807) is 0 Å². The standard InChI is InChI=1S/C19H33NO2S/c1-5-11-19(4,21)12-9-7-6-8-10-16-13-17(20-22)14(2)15(3)18(16)23/h6,8,13-15,17-18,21,23H,5,7,9-12H2,1-4H3/b8-6+. The average molecular weight is 340 g/mol. The number of unbranched alkanes of at least 4 members (excludes halogenated alkanes) is 1. The van der Waals surface area contributed by atoms with E-state index < -0.39 is 5.60 Å². The van der Waals surface area contributed by atoms with E-state index in [4.69, 9.17) is 12.6 Å². The molecule has 0 heterocycles. The molecule has 1 N–H and O–H groups in total. The Bertz CT molecular complexity index is 431. The maximum absolute atomic E-state index is 11.0. The summed E-state index contributed by atoms with van der Waals surface area (Å²) in [5.74, 6) is 0.613. The summed E-state index contributed by atoms with van der Waals surface area (Å²) in [7, 11) is 0. The van der Waals surface area contributed by atoms with Crippen molar-refractivity contribution in [2.24, 2.45) is 17.0 Å². The van der Waals surface area contributed by atoms with Gasteiger partial charge in [0.1, 0.15) is 6.04 Å². The summed E-state index contributed by atoms with van der Waals surface area (Å²) in [5.41, 5.74) is 0.678. The molecular weight excluding hydrogens is 306 g/mol. The number of rotatable bonds is 9. The van der Waals surface area contributed by atoms with Gasteiger partial charge in [0.25, 0.3) is 0 Å². The molecule has 0 saturated carbocycles. The largest absolute Gasteiger partial charge is 0.390 e. The Balaban J connectivity index is 2.43. The SMILES string of the molecule is CCCC(C)(O)CCC/C=C/CC1=CC(N=O)C(C)C(C)C1S. The molecule has 0 spiro atoms. The predicted octanol–water partition coefficient (Wildman–Crippen LogP) is 5.30. The smallest absolute Gasteiger partial charge is 0.113 e. The van der Waals surface area contributed by atoms with Crippen molar-refractivity contribution in [1.29, 1.82) is 0 Å². The number of hydrogen-bond acceptors (Lipinski definition) is 4. The quantitative estimate of drug-likeness (QED) is 0.259. The van der Waals surface area contributed by atoms with Crippen LogP contribution in [0.15, 0.2) is 29.0 Å². The summed E-state index contributed by atoms with van der Waals surface area (Å²) in [6, 6.07) is -0.221. The van der Waals surface area contributed by atoms with Crippen molar-refractivity contribution in [2.75, 3.05) is 0 Å². The number of aliphatic hydroxyl groups is 1. The summed E-state index contributed by atoms with van der Waals surface area (Å²) in [4.78, 5) is 11.0. The van der Waals surface area contributed by atoms with Gasteiger partial charge in [-0.05, 0) is 50.9 Å². The third-order valence-electron chi connectivity index (χ3n) is 5.15. The van der Waals surface area contributed by atoms with Gasteiger partial charge in [0.15, 0.2) is 0 Å². The minimum atomic E-state index is -0.529. The van der Waals surface area contributed by atoms with Crippen molar-refractivity contribution < 1.29 is 5.11 Å². The maximum Gasteiger partial charge on any atom is 0.113 e. The van der Waals surface area contributed by atoms with E-state index in [0.29, 0.717) is 5.92 Å². The zero-order valence-corrected chi connectivity index (χ0v) is 15.9. The van der Waals surface area contributed by atoms with Gasteiger partial charge in [0.2, 0.25) is 0 Å². The molecule has 0 aliphatic heterocycles. The van der Waals surface area contributed by atoms with Gasteiger partial charge < -0.3 is 5.11 Å². The van der Waals surface area contributed by atoms with Crippen molar-refractivity contribution in [3.05, 3.63) is 28.7 Å². The molecule has 23 heavy (non-hydrogen) atoms. The van der Waals surface area contributed by atoms with Crippen LogP contribution in [-0.4, -0.2) is 22.0 Å². The number of nitroso groups, excluding NO2 is 1. The lowest BCUT2D eigenvalue weighted by atomic mass is 9.78. The lowest BCUT2D eigenvalue weighted by molar-refractivity contribution is 0.0395. The Morgan fingerprint density at radius 1 is 1.30 bits per heavy atom. The number of thiol groups is 1. The molecule has 5 atom stereocenters. The number of allylic oxidation sites excluding steroid dienone is 2. The molecule has 0 amide bonds. The molecule has 4 heteroatoms. The van der Waals surface area contributed by atoms with Gasteiger partial charge in [-0.2, -0.15) is 17.5 Å². The van der Waals surface area contributed by atoms with Gasteiger partial charge in [-0.1, -0.05) is 56.2 Å². The third kappa shape index (κ3) is 6.42. The first kappa shape index (κ1) is 20.4. The van der Waals surface area contributed by atoms with Crippen molar-refractivity contribution >= 4 is 12.6 Å². The van der Waals surface area contributed by atoms with Gasteiger partial charge >= 0.3 is 0 Å². The second kappa shape index (κ2) is 9.63. The van der Waals surface area contributed by atoms with Crippen molar-refractivity contribution in [2.45, 2.75) is 83.1 Å². The Morgan fingerprint density at radius 2 is 2.00 bits per heavy atom. The second-order valence-electron chi connectivity index (χ2n) is 7.32. The molecule has 0 radical (unpaired) electrons. The maximum atomic E-state index is 11.0. The highest BCUT2D eigenvalue weighted by Gasteiger charge is 2.33. The molecule has 132 valence electrons. The first-order valence-electron chi connectivity index (χ1n) is 8.91. The highest BCUT2D eigenvalue weighted by molar-refractivity contribution is 7.81. The molecule has 0 fully saturated rings. The molecule has 0 aromatic carbocycles. The summed E-state index contributed by atoms with van der Waals surface area (Å²) in [6.45, 7) is 8.25. The Hall–Kier alpha value is -0.610. The number of hydrogen-bond donors (Lipinski definition) is 2. The molecule has 1 aliphatic carbocycles. The van der Waals surface area contributed by atoms with Crippen LogP contribution in [0.2, 0.25) is 0 Å². The lowest BCUT2D eigenvalue weighted by Gasteiger charge is -2.34. The van der Waals surface area contributed by atoms with E-state index in [2.05, 4.69) is 38.1 Å². The molecule has 1 rings (SSSR count). The lowest BCUT2D eigenvalue weighted by Crippen LogP contribution is -2.33. The number of nitrogens with zero attached hydrogens (tertiary/aromatic N) is 1. The van der Waals surface area contributed by atoms with Gasteiger partial charge in [-0.15, -0.1) is 0 Å². The van der Waals surface area contributed by atoms with Crippen LogP contribution >= 0.6 is 12.6 Å². The summed E-state index contributed by atoms with van der Waals surface area (Å²) in [5, 5.41) is 13.6. The van der Waals surface area contributed by atoms with E-state index in [0.717, 1.165) is 38.5 Å². The van der Waals surface area contributed by atoms with Crippen LogP contribution < -0.4 is 0 Å². The van der Waals surface area contributed by atoms with E-state index in [1.165, 1.54) is 5.57 Å². The molecule has 1 aliphatic rings. The van der Waals surface area contributed by atoms with Crippen LogP contribution in [0, 0.1) is 16.7 Å². The van der Waals surface area contributed by atoms with Gasteiger partial charge in [0.05, 0.1) is 5.60 Å². The minimum Gasteiger partial charge on any atom is -0.390 e. The molecule has 0 aromatic rings. The fraction of sp³-hybridized carbons (Fsp3) is 0.789. The van der Waals surface area contributed by atoms with Crippen molar-refractivity contribution in [3.8, 4) is 0 Å². The Kier molecular flexibility index (Phi) is 8.56. The van der Waals surface area contributed by atoms with Crippen LogP contribution in [0.3, 0.4) is 0 Å². The molecule has 0 aromatic heterocycles. The van der Waals surface area contributed by atoms with E-state index in [-0.39, 0.29) is 17.2 Å². The van der Waals surface area contributed by atoms with Crippen molar-refractivity contribution in [1.82, 2.24) is 0 Å². The molecular formula is C19H33NO2S. The van der Waals surface area contributed by atoms with Crippen LogP contribution in [0.5, 0.6) is 0 Å². The monoisotopic (exact) mass is 339 g/mol. The van der Waals surface area contributed by atoms with Crippen molar-refractivity contribution in [3.63, 3.8) is 0 Å². The molecule has 5 unspecified atom stereocenters. The van der Waals surface area contributed by atoms with Gasteiger partial charge in [-0.25, -0.2) is 0 Å². The van der Waals surface area contributed by atoms with E-state index in [1.807, 2.05) is 13.0 Å². The minimum absolute atomic E-state index is 0.206. The fourth-order valence-corrected chi connectivity index (χ4v) is 3.79. The second-order valence-corrected chi connectivity index (χ2v) is 7.87. The molecule has 0 bridgehead atoms. The zero-order valence-electron chi connectivity index (χ0n) is 15.0. The third-order valence-corrected chi connectivity index (χ3v) is 5.95. The molecule has 3 nitrogen and oxygen atoms in total. The van der Waals surface area contributed by atoms with Gasteiger partial charge in [-0.3, -0.25) is 0 Å². The summed E-state index contributed by atoms with van der Waals surface area (Å²) >= 11 is 4.72. The Labute approximate surface area is 147 Å². The fourth-order valence-electron chi connectivity index (χ4n) is 3.32. The zero-order chi connectivity index (χ0) is 17.5. The average Bonchev–Trinajstić information content (AvgIpc) is 2.50. The normalized spacial score (nSPS) is 31.0. The summed E-state index contributed by atoms with van der Waals surface area (Å²) < 4.78 is 0. The van der Waals surface area contributed by atoms with E-state index in [9.17, 15) is 10.0 Å². The topological polar surface area (TPSA) is 49.7 Å². The highest BCUT2D eigenvalue weighted by Crippen LogP contribution is 2.36.